The first-order valence-electron chi connectivity index (χ1n) is 8.31. The van der Waals surface area contributed by atoms with E-state index in [9.17, 15) is 9.59 Å². The highest BCUT2D eigenvalue weighted by molar-refractivity contribution is 7.14. The van der Waals surface area contributed by atoms with Crippen LogP contribution in [0.25, 0.3) is 0 Å². The maximum Gasteiger partial charge on any atom is 0.260 e. The van der Waals surface area contributed by atoms with Crippen LogP contribution in [-0.4, -0.2) is 47.9 Å². The Hall–Kier alpha value is -2.19. The summed E-state index contributed by atoms with van der Waals surface area (Å²) >= 11 is 1.32. The van der Waals surface area contributed by atoms with Gasteiger partial charge in [0.25, 0.3) is 5.91 Å². The molecular weight excluding hydrogens is 340 g/mol. The van der Waals surface area contributed by atoms with Gasteiger partial charge in [-0.25, -0.2) is 4.98 Å². The molecule has 0 radical (unpaired) electrons. The minimum atomic E-state index is -0.258. The molecule has 0 saturated carbocycles. The molecule has 134 valence electrons. The summed E-state index contributed by atoms with van der Waals surface area (Å²) in [6.45, 7) is 3.27. The Bertz CT molecular complexity index is 755. The lowest BCUT2D eigenvalue weighted by molar-refractivity contribution is -0.131. The van der Waals surface area contributed by atoms with Gasteiger partial charge < -0.3 is 14.6 Å². The maximum atomic E-state index is 12.5. The van der Waals surface area contributed by atoms with Gasteiger partial charge in [-0.1, -0.05) is 0 Å². The fourth-order valence-electron chi connectivity index (χ4n) is 2.94. The molecule has 0 aliphatic carbocycles. The molecular formula is C17H22N4O3S. The van der Waals surface area contributed by atoms with Crippen LogP contribution in [0, 0.1) is 6.92 Å². The predicted molar refractivity (Wildman–Crippen MR) is 95.9 cm³/mol. The third-order valence-electron chi connectivity index (χ3n) is 4.39. The van der Waals surface area contributed by atoms with Crippen molar-refractivity contribution < 1.29 is 14.0 Å². The van der Waals surface area contributed by atoms with Gasteiger partial charge >= 0.3 is 0 Å². The minimum Gasteiger partial charge on any atom is -0.469 e. The minimum absolute atomic E-state index is 0.0776. The van der Waals surface area contributed by atoms with Crippen molar-refractivity contribution in [3.8, 4) is 0 Å². The molecule has 0 spiro atoms. The van der Waals surface area contributed by atoms with Crippen LogP contribution < -0.4 is 10.6 Å². The average molecular weight is 362 g/mol. The molecule has 1 unspecified atom stereocenters. The van der Waals surface area contributed by atoms with Crippen molar-refractivity contribution in [3.63, 3.8) is 0 Å². The summed E-state index contributed by atoms with van der Waals surface area (Å²) < 4.78 is 5.13. The first-order chi connectivity index (χ1) is 12.1. The standard InChI is InChI=1S/C17H22N4O3S/c1-11-14(5-7-24-11)16(23)20-17-19-13(10-25-17)8-15(22)21-6-3-4-12(9-21)18-2/h5,7,10,12,18H,3-4,6,8-9H2,1-2H3,(H,19,20,23). The zero-order chi connectivity index (χ0) is 17.8. The van der Waals surface area contributed by atoms with Gasteiger partial charge in [-0.2, -0.15) is 0 Å². The molecule has 0 bridgehead atoms. The van der Waals surface area contributed by atoms with Crippen LogP contribution in [0.3, 0.4) is 0 Å². The number of likely N-dealkylation sites (tertiary alicyclic amines) is 1. The number of hydrogen-bond acceptors (Lipinski definition) is 6. The summed E-state index contributed by atoms with van der Waals surface area (Å²) in [7, 11) is 1.93. The third-order valence-corrected chi connectivity index (χ3v) is 5.20. The molecule has 8 heteroatoms. The first kappa shape index (κ1) is 17.6. The SMILES string of the molecule is CNC1CCCN(C(=O)Cc2csc(NC(=O)c3ccoc3C)n2)C1. The molecule has 25 heavy (non-hydrogen) atoms. The van der Waals surface area contributed by atoms with Crippen LogP contribution in [0.2, 0.25) is 0 Å². The molecule has 2 aromatic heterocycles. The van der Waals surface area contributed by atoms with Gasteiger partial charge in [0, 0.05) is 24.5 Å². The lowest BCUT2D eigenvalue weighted by Gasteiger charge is -2.32. The molecule has 1 aliphatic rings. The van der Waals surface area contributed by atoms with Crippen molar-refractivity contribution >= 4 is 28.3 Å². The molecule has 2 aromatic rings. The van der Waals surface area contributed by atoms with E-state index in [4.69, 9.17) is 4.42 Å². The second kappa shape index (κ2) is 7.79. The third kappa shape index (κ3) is 4.26. The number of nitrogens with zero attached hydrogens (tertiary/aromatic N) is 2. The molecule has 1 fully saturated rings. The van der Waals surface area contributed by atoms with Gasteiger partial charge in [-0.3, -0.25) is 14.9 Å². The molecule has 2 N–H and O–H groups in total. The number of anilines is 1. The summed E-state index contributed by atoms with van der Waals surface area (Å²) in [4.78, 5) is 30.9. The van der Waals surface area contributed by atoms with Gasteiger partial charge in [0.15, 0.2) is 5.13 Å². The lowest BCUT2D eigenvalue weighted by Crippen LogP contribution is -2.47. The molecule has 1 aliphatic heterocycles. The van der Waals surface area contributed by atoms with E-state index in [1.54, 1.807) is 13.0 Å². The average Bonchev–Trinajstić information content (AvgIpc) is 3.23. The summed E-state index contributed by atoms with van der Waals surface area (Å²) in [5.74, 6) is 0.383. The summed E-state index contributed by atoms with van der Waals surface area (Å²) in [5.41, 5.74) is 1.17. The van der Waals surface area contributed by atoms with E-state index in [0.29, 0.717) is 28.2 Å². The number of carbonyl (C=O) groups excluding carboxylic acids is 2. The van der Waals surface area contributed by atoms with Gasteiger partial charge in [-0.15, -0.1) is 11.3 Å². The molecule has 0 aromatic carbocycles. The van der Waals surface area contributed by atoms with Crippen LogP contribution in [0.5, 0.6) is 0 Å². The Morgan fingerprint density at radius 3 is 3.04 bits per heavy atom. The zero-order valence-corrected chi connectivity index (χ0v) is 15.2. The first-order valence-corrected chi connectivity index (χ1v) is 9.19. The number of aryl methyl sites for hydroxylation is 1. The van der Waals surface area contributed by atoms with Crippen molar-refractivity contribution in [3.05, 3.63) is 34.7 Å². The molecule has 2 amide bonds. The summed E-state index contributed by atoms with van der Waals surface area (Å²) in [6, 6.07) is 1.98. The second-order valence-electron chi connectivity index (χ2n) is 6.13. The molecule has 7 nitrogen and oxygen atoms in total. The van der Waals surface area contributed by atoms with Crippen molar-refractivity contribution in [1.29, 1.82) is 0 Å². The number of carbonyl (C=O) groups is 2. The quantitative estimate of drug-likeness (QED) is 0.850. The van der Waals surface area contributed by atoms with Crippen LogP contribution in [0.15, 0.2) is 22.1 Å². The maximum absolute atomic E-state index is 12.5. The van der Waals surface area contributed by atoms with Crippen molar-refractivity contribution in [1.82, 2.24) is 15.2 Å². The Kier molecular flexibility index (Phi) is 5.50. The van der Waals surface area contributed by atoms with Crippen molar-refractivity contribution in [2.75, 3.05) is 25.5 Å². The molecule has 1 atom stereocenters. The highest BCUT2D eigenvalue weighted by Crippen LogP contribution is 2.19. The highest BCUT2D eigenvalue weighted by atomic mass is 32.1. The number of thiazole rings is 1. The largest absolute Gasteiger partial charge is 0.469 e. The van der Waals surface area contributed by atoms with Crippen molar-refractivity contribution in [2.24, 2.45) is 0 Å². The molecule has 1 saturated heterocycles. The van der Waals surface area contributed by atoms with Gasteiger partial charge in [-0.05, 0) is 32.9 Å². The Morgan fingerprint density at radius 2 is 2.32 bits per heavy atom. The number of likely N-dealkylation sites (N-methyl/N-ethyl adjacent to an activating group) is 1. The number of nitrogens with one attached hydrogen (secondary N) is 2. The van der Waals surface area contributed by atoms with E-state index in [2.05, 4.69) is 15.6 Å². The monoisotopic (exact) mass is 362 g/mol. The van der Waals surface area contributed by atoms with E-state index in [-0.39, 0.29) is 18.2 Å². The van der Waals surface area contributed by atoms with Gasteiger partial charge in [0.1, 0.15) is 5.76 Å². The number of aromatic nitrogens is 1. The lowest BCUT2D eigenvalue weighted by atomic mass is 10.1. The smallest absolute Gasteiger partial charge is 0.260 e. The fourth-order valence-corrected chi connectivity index (χ4v) is 3.64. The number of rotatable bonds is 5. The van der Waals surface area contributed by atoms with Crippen molar-refractivity contribution in [2.45, 2.75) is 32.2 Å². The predicted octanol–water partition coefficient (Wildman–Crippen LogP) is 2.05. The highest BCUT2D eigenvalue weighted by Gasteiger charge is 2.23. The number of piperidine rings is 1. The Morgan fingerprint density at radius 1 is 1.48 bits per heavy atom. The van der Waals surface area contributed by atoms with E-state index >= 15 is 0 Å². The van der Waals surface area contributed by atoms with Crippen LogP contribution >= 0.6 is 11.3 Å². The van der Waals surface area contributed by atoms with E-state index in [1.807, 2.05) is 17.3 Å². The van der Waals surface area contributed by atoms with E-state index in [0.717, 1.165) is 25.9 Å². The Labute approximate surface area is 150 Å². The second-order valence-corrected chi connectivity index (χ2v) is 6.99. The number of furan rings is 1. The van der Waals surface area contributed by atoms with E-state index in [1.165, 1.54) is 17.6 Å². The van der Waals surface area contributed by atoms with E-state index < -0.39 is 0 Å². The summed E-state index contributed by atoms with van der Waals surface area (Å²) in [6.07, 6.45) is 3.85. The van der Waals surface area contributed by atoms with Gasteiger partial charge in [0.05, 0.1) is 23.9 Å². The topological polar surface area (TPSA) is 87.5 Å². The van der Waals surface area contributed by atoms with Crippen LogP contribution in [-0.2, 0) is 11.2 Å². The number of amides is 2. The van der Waals surface area contributed by atoms with Crippen LogP contribution in [0.1, 0.15) is 34.7 Å². The summed E-state index contributed by atoms with van der Waals surface area (Å²) in [5, 5.41) is 8.28. The van der Waals surface area contributed by atoms with Crippen LogP contribution in [0.4, 0.5) is 5.13 Å². The Balaban J connectivity index is 1.57. The van der Waals surface area contributed by atoms with Gasteiger partial charge in [0.2, 0.25) is 5.91 Å². The number of hydrogen-bond donors (Lipinski definition) is 2. The molecule has 3 rings (SSSR count). The normalized spacial score (nSPS) is 17.5. The zero-order valence-electron chi connectivity index (χ0n) is 14.4. The fraction of sp³-hybridized carbons (Fsp3) is 0.471. The molecule has 3 heterocycles.